The number of rotatable bonds is 5. The largest absolute Gasteiger partial charge is 0.363 e. The van der Waals surface area contributed by atoms with Gasteiger partial charge in [0.05, 0.1) is 11.4 Å². The number of benzene rings is 1. The Morgan fingerprint density at radius 1 is 1.11 bits per heavy atom. The zero-order chi connectivity index (χ0) is 18.4. The summed E-state index contributed by atoms with van der Waals surface area (Å²) in [5.41, 5.74) is 5.15. The second-order valence-corrected chi connectivity index (χ2v) is 7.05. The number of nitrogens with one attached hydrogen (secondary N) is 1. The molecule has 3 heterocycles. The van der Waals surface area contributed by atoms with Gasteiger partial charge in [-0.05, 0) is 38.8 Å². The fraction of sp³-hybridized carbons (Fsp3) is 0.300. The number of aromatic nitrogens is 6. The molecule has 0 radical (unpaired) electrons. The van der Waals surface area contributed by atoms with Crippen LogP contribution in [0, 0.1) is 13.8 Å². The first kappa shape index (κ1) is 16.0. The van der Waals surface area contributed by atoms with Crippen LogP contribution >= 0.6 is 0 Å². The number of aryl methyl sites for hydroxylation is 1. The summed E-state index contributed by atoms with van der Waals surface area (Å²) < 4.78 is 4.04. The molecule has 0 spiro atoms. The van der Waals surface area contributed by atoms with Crippen molar-refractivity contribution in [2.24, 2.45) is 0 Å². The summed E-state index contributed by atoms with van der Waals surface area (Å²) in [7, 11) is 0. The van der Waals surface area contributed by atoms with Gasteiger partial charge in [-0.2, -0.15) is 5.10 Å². The molecule has 136 valence electrons. The van der Waals surface area contributed by atoms with Crippen molar-refractivity contribution in [3.05, 3.63) is 65.5 Å². The quantitative estimate of drug-likeness (QED) is 0.591. The molecule has 27 heavy (non-hydrogen) atoms. The van der Waals surface area contributed by atoms with Crippen molar-refractivity contribution in [2.75, 3.05) is 5.32 Å². The van der Waals surface area contributed by atoms with Gasteiger partial charge in [0.1, 0.15) is 5.82 Å². The molecule has 0 amide bonds. The van der Waals surface area contributed by atoms with E-state index in [-0.39, 0.29) is 0 Å². The SMILES string of the molecule is Cc1nn(-c2ccccc2)c(C)c1CNc1nccn2c(C3CC3)nnc12. The molecule has 5 rings (SSSR count). The van der Waals surface area contributed by atoms with E-state index in [0.29, 0.717) is 12.5 Å². The second kappa shape index (κ2) is 6.19. The Kier molecular flexibility index (Phi) is 3.67. The standard InChI is InChI=1S/C20H21N7/c1-13-17(14(2)27(25-13)16-6-4-3-5-7-16)12-22-18-20-24-23-19(15-8-9-15)26(20)11-10-21-18/h3-7,10-11,15H,8-9,12H2,1-2H3,(H,21,22). The minimum atomic E-state index is 0.545. The van der Waals surface area contributed by atoms with Crippen LogP contribution in [0.5, 0.6) is 0 Å². The minimum Gasteiger partial charge on any atom is -0.363 e. The van der Waals surface area contributed by atoms with Crippen LogP contribution in [0.4, 0.5) is 5.82 Å². The zero-order valence-electron chi connectivity index (χ0n) is 15.4. The van der Waals surface area contributed by atoms with E-state index in [2.05, 4.69) is 44.0 Å². The maximum atomic E-state index is 4.71. The Morgan fingerprint density at radius 3 is 2.70 bits per heavy atom. The van der Waals surface area contributed by atoms with Crippen molar-refractivity contribution in [1.29, 1.82) is 0 Å². The van der Waals surface area contributed by atoms with Gasteiger partial charge in [-0.1, -0.05) is 18.2 Å². The van der Waals surface area contributed by atoms with E-state index >= 15 is 0 Å². The maximum Gasteiger partial charge on any atom is 0.203 e. The third-order valence-corrected chi connectivity index (χ3v) is 5.17. The molecule has 1 N–H and O–H groups in total. The Labute approximate surface area is 157 Å². The molecule has 1 aromatic carbocycles. The molecule has 0 bridgehead atoms. The number of nitrogens with zero attached hydrogens (tertiary/aromatic N) is 6. The monoisotopic (exact) mass is 359 g/mol. The highest BCUT2D eigenvalue weighted by Crippen LogP contribution is 2.39. The average molecular weight is 359 g/mol. The van der Waals surface area contributed by atoms with Crippen LogP contribution in [-0.2, 0) is 6.54 Å². The van der Waals surface area contributed by atoms with Crippen LogP contribution in [0.1, 0.15) is 41.5 Å². The first-order valence-electron chi connectivity index (χ1n) is 9.26. The third-order valence-electron chi connectivity index (χ3n) is 5.17. The Balaban J connectivity index is 1.44. The lowest BCUT2D eigenvalue weighted by Crippen LogP contribution is -2.06. The highest BCUT2D eigenvalue weighted by molar-refractivity contribution is 5.62. The number of fused-ring (bicyclic) bond motifs is 1. The van der Waals surface area contributed by atoms with Crippen molar-refractivity contribution < 1.29 is 0 Å². The molecule has 1 aliphatic carbocycles. The summed E-state index contributed by atoms with van der Waals surface area (Å²) in [6.45, 7) is 4.78. The summed E-state index contributed by atoms with van der Waals surface area (Å²) in [5.74, 6) is 2.34. The van der Waals surface area contributed by atoms with E-state index in [4.69, 9.17) is 5.10 Å². The van der Waals surface area contributed by atoms with Crippen LogP contribution in [0.3, 0.4) is 0 Å². The van der Waals surface area contributed by atoms with Gasteiger partial charge in [0.15, 0.2) is 5.82 Å². The first-order valence-corrected chi connectivity index (χ1v) is 9.26. The predicted octanol–water partition coefficient (Wildman–Crippen LogP) is 3.42. The fourth-order valence-electron chi connectivity index (χ4n) is 3.51. The number of hydrogen-bond acceptors (Lipinski definition) is 5. The molecule has 7 nitrogen and oxygen atoms in total. The zero-order valence-corrected chi connectivity index (χ0v) is 15.4. The Bertz CT molecular complexity index is 1110. The average Bonchev–Trinajstić information content (AvgIpc) is 3.38. The van der Waals surface area contributed by atoms with Crippen LogP contribution < -0.4 is 5.32 Å². The van der Waals surface area contributed by atoms with E-state index in [9.17, 15) is 0 Å². The number of hydrogen-bond donors (Lipinski definition) is 1. The predicted molar refractivity (Wildman–Crippen MR) is 103 cm³/mol. The minimum absolute atomic E-state index is 0.545. The molecule has 0 saturated heterocycles. The summed E-state index contributed by atoms with van der Waals surface area (Å²) in [4.78, 5) is 4.48. The third kappa shape index (κ3) is 2.75. The number of anilines is 1. The van der Waals surface area contributed by atoms with Gasteiger partial charge in [-0.15, -0.1) is 10.2 Å². The highest BCUT2D eigenvalue weighted by atomic mass is 15.3. The normalized spacial score (nSPS) is 14.0. The van der Waals surface area contributed by atoms with E-state index in [0.717, 1.165) is 34.4 Å². The second-order valence-electron chi connectivity index (χ2n) is 7.05. The van der Waals surface area contributed by atoms with Crippen LogP contribution in [-0.4, -0.2) is 29.4 Å². The maximum absolute atomic E-state index is 4.71. The molecule has 4 aromatic rings. The van der Waals surface area contributed by atoms with Crippen LogP contribution in [0.2, 0.25) is 0 Å². The van der Waals surface area contributed by atoms with Crippen molar-refractivity contribution in [2.45, 2.75) is 39.2 Å². The van der Waals surface area contributed by atoms with Gasteiger partial charge in [-0.25, -0.2) is 9.67 Å². The molecular formula is C20H21N7. The molecule has 0 aliphatic heterocycles. The fourth-order valence-corrected chi connectivity index (χ4v) is 3.51. The lowest BCUT2D eigenvalue weighted by Gasteiger charge is -2.08. The molecule has 0 atom stereocenters. The van der Waals surface area contributed by atoms with Gasteiger partial charge in [-0.3, -0.25) is 4.40 Å². The first-order chi connectivity index (χ1) is 13.2. The highest BCUT2D eigenvalue weighted by Gasteiger charge is 2.29. The number of para-hydroxylation sites is 1. The summed E-state index contributed by atoms with van der Waals surface area (Å²) in [6.07, 6.45) is 6.14. The molecule has 7 heteroatoms. The topological polar surface area (TPSA) is 72.9 Å². The lowest BCUT2D eigenvalue weighted by molar-refractivity contribution is 0.832. The van der Waals surface area contributed by atoms with E-state index < -0.39 is 0 Å². The van der Waals surface area contributed by atoms with Crippen LogP contribution in [0.15, 0.2) is 42.7 Å². The van der Waals surface area contributed by atoms with Gasteiger partial charge >= 0.3 is 0 Å². The summed E-state index contributed by atoms with van der Waals surface area (Å²) in [5, 5.41) is 16.9. The Morgan fingerprint density at radius 2 is 1.93 bits per heavy atom. The molecule has 0 unspecified atom stereocenters. The van der Waals surface area contributed by atoms with Crippen LogP contribution in [0.25, 0.3) is 11.3 Å². The molecular weight excluding hydrogens is 338 g/mol. The van der Waals surface area contributed by atoms with E-state index in [1.165, 1.54) is 18.4 Å². The molecule has 1 fully saturated rings. The summed E-state index contributed by atoms with van der Waals surface area (Å²) >= 11 is 0. The molecule has 1 aliphatic rings. The molecule has 1 saturated carbocycles. The summed E-state index contributed by atoms with van der Waals surface area (Å²) in [6, 6.07) is 10.2. The van der Waals surface area contributed by atoms with E-state index in [1.807, 2.05) is 36.0 Å². The lowest BCUT2D eigenvalue weighted by atomic mass is 10.2. The Hall–Kier alpha value is -3.22. The van der Waals surface area contributed by atoms with Crippen molar-refractivity contribution in [3.8, 4) is 5.69 Å². The van der Waals surface area contributed by atoms with Gasteiger partial charge < -0.3 is 5.32 Å². The van der Waals surface area contributed by atoms with Crippen molar-refractivity contribution in [1.82, 2.24) is 29.4 Å². The van der Waals surface area contributed by atoms with Gasteiger partial charge in [0.2, 0.25) is 5.65 Å². The van der Waals surface area contributed by atoms with Gasteiger partial charge in [0.25, 0.3) is 0 Å². The van der Waals surface area contributed by atoms with E-state index in [1.54, 1.807) is 6.20 Å². The van der Waals surface area contributed by atoms with Crippen molar-refractivity contribution >= 4 is 11.5 Å². The van der Waals surface area contributed by atoms with Crippen molar-refractivity contribution in [3.63, 3.8) is 0 Å². The smallest absolute Gasteiger partial charge is 0.203 e. The molecule has 3 aromatic heterocycles. The van der Waals surface area contributed by atoms with Gasteiger partial charge in [0, 0.05) is 36.1 Å².